The van der Waals surface area contributed by atoms with Crippen molar-refractivity contribution in [3.8, 4) is 0 Å². The largest absolute Gasteiger partial charge is 0.481 e. The van der Waals surface area contributed by atoms with Gasteiger partial charge in [0.1, 0.15) is 6.61 Å². The molecule has 0 aromatic rings. The first-order valence-electron chi connectivity index (χ1n) is 5.41. The SMILES string of the molecule is CC(C)(C)OCC(=O)N1CC(CC(=O)O)C1. The van der Waals surface area contributed by atoms with E-state index < -0.39 is 5.97 Å². The molecule has 0 spiro atoms. The molecule has 1 N–H and O–H groups in total. The van der Waals surface area contributed by atoms with Crippen molar-refractivity contribution in [3.63, 3.8) is 0 Å². The fourth-order valence-electron chi connectivity index (χ4n) is 1.52. The molecule has 16 heavy (non-hydrogen) atoms. The van der Waals surface area contributed by atoms with Gasteiger partial charge in [0.2, 0.25) is 5.91 Å². The minimum atomic E-state index is -0.803. The number of carbonyl (C=O) groups excluding carboxylic acids is 1. The number of hydrogen-bond donors (Lipinski definition) is 1. The molecule has 0 aliphatic carbocycles. The monoisotopic (exact) mass is 229 g/mol. The van der Waals surface area contributed by atoms with Gasteiger partial charge in [-0.15, -0.1) is 0 Å². The number of rotatable bonds is 4. The highest BCUT2D eigenvalue weighted by molar-refractivity contribution is 5.78. The summed E-state index contributed by atoms with van der Waals surface area (Å²) in [5.74, 6) is -0.754. The first-order chi connectivity index (χ1) is 7.28. The molecule has 5 heteroatoms. The van der Waals surface area contributed by atoms with E-state index >= 15 is 0 Å². The van der Waals surface area contributed by atoms with Gasteiger partial charge < -0.3 is 14.7 Å². The lowest BCUT2D eigenvalue weighted by Gasteiger charge is -2.39. The minimum absolute atomic E-state index is 0.0587. The molecule has 92 valence electrons. The fourth-order valence-corrected chi connectivity index (χ4v) is 1.52. The molecule has 0 saturated carbocycles. The highest BCUT2D eigenvalue weighted by Crippen LogP contribution is 2.19. The van der Waals surface area contributed by atoms with Gasteiger partial charge in [-0.25, -0.2) is 0 Å². The van der Waals surface area contributed by atoms with Gasteiger partial charge in [0, 0.05) is 19.0 Å². The van der Waals surface area contributed by atoms with Crippen LogP contribution in [0.25, 0.3) is 0 Å². The van der Waals surface area contributed by atoms with E-state index in [0.717, 1.165) is 0 Å². The minimum Gasteiger partial charge on any atom is -0.481 e. The van der Waals surface area contributed by atoms with Crippen molar-refractivity contribution >= 4 is 11.9 Å². The molecular formula is C11H19NO4. The van der Waals surface area contributed by atoms with E-state index in [4.69, 9.17) is 9.84 Å². The second kappa shape index (κ2) is 4.82. The third kappa shape index (κ3) is 4.18. The lowest BCUT2D eigenvalue weighted by atomic mass is 9.96. The van der Waals surface area contributed by atoms with Gasteiger partial charge in [-0.1, -0.05) is 0 Å². The number of hydrogen-bond acceptors (Lipinski definition) is 3. The van der Waals surface area contributed by atoms with Crippen LogP contribution in [0.15, 0.2) is 0 Å². The highest BCUT2D eigenvalue weighted by Gasteiger charge is 2.32. The molecular weight excluding hydrogens is 210 g/mol. The van der Waals surface area contributed by atoms with Crippen molar-refractivity contribution in [2.24, 2.45) is 5.92 Å². The summed E-state index contributed by atoms with van der Waals surface area (Å²) in [5, 5.41) is 8.56. The van der Waals surface area contributed by atoms with Crippen LogP contribution in [0.5, 0.6) is 0 Å². The van der Waals surface area contributed by atoms with E-state index in [1.807, 2.05) is 20.8 Å². The molecule has 0 radical (unpaired) electrons. The number of carbonyl (C=O) groups is 2. The Labute approximate surface area is 95.4 Å². The van der Waals surface area contributed by atoms with Crippen molar-refractivity contribution < 1.29 is 19.4 Å². The zero-order chi connectivity index (χ0) is 12.3. The number of aliphatic carboxylic acids is 1. The fraction of sp³-hybridized carbons (Fsp3) is 0.818. The number of carboxylic acid groups (broad SMARTS) is 1. The maximum Gasteiger partial charge on any atom is 0.303 e. The Morgan fingerprint density at radius 1 is 1.38 bits per heavy atom. The average Bonchev–Trinajstić information content (AvgIpc) is 2.05. The number of carboxylic acids is 1. The van der Waals surface area contributed by atoms with E-state index in [1.54, 1.807) is 4.90 Å². The number of ether oxygens (including phenoxy) is 1. The summed E-state index contributed by atoms with van der Waals surface area (Å²) >= 11 is 0. The van der Waals surface area contributed by atoms with Gasteiger partial charge in [0.05, 0.1) is 12.0 Å². The maximum absolute atomic E-state index is 11.6. The van der Waals surface area contributed by atoms with Crippen LogP contribution in [0, 0.1) is 5.92 Å². The lowest BCUT2D eigenvalue weighted by molar-refractivity contribution is -0.150. The lowest BCUT2D eigenvalue weighted by Crippen LogP contribution is -2.52. The van der Waals surface area contributed by atoms with Gasteiger partial charge in [0.15, 0.2) is 0 Å². The van der Waals surface area contributed by atoms with Crippen molar-refractivity contribution in [1.82, 2.24) is 4.90 Å². The Balaban J connectivity index is 2.19. The molecule has 0 aromatic heterocycles. The van der Waals surface area contributed by atoms with E-state index in [-0.39, 0.29) is 30.5 Å². The third-order valence-electron chi connectivity index (χ3n) is 2.40. The number of amides is 1. The second-order valence-corrected chi connectivity index (χ2v) is 5.16. The summed E-state index contributed by atoms with van der Waals surface area (Å²) in [5.41, 5.74) is -0.318. The average molecular weight is 229 g/mol. The van der Waals surface area contributed by atoms with Crippen LogP contribution in [0.2, 0.25) is 0 Å². The zero-order valence-electron chi connectivity index (χ0n) is 10.0. The van der Waals surface area contributed by atoms with Gasteiger partial charge in [-0.05, 0) is 20.8 Å². The summed E-state index contributed by atoms with van der Waals surface area (Å²) in [6.07, 6.45) is 0.143. The first kappa shape index (κ1) is 13.0. The normalized spacial score (nSPS) is 17.1. The molecule has 0 atom stereocenters. The Morgan fingerprint density at radius 3 is 2.38 bits per heavy atom. The van der Waals surface area contributed by atoms with E-state index in [2.05, 4.69) is 0 Å². The summed E-state index contributed by atoms with van der Waals surface area (Å²) < 4.78 is 5.36. The van der Waals surface area contributed by atoms with Crippen LogP contribution >= 0.6 is 0 Å². The Hall–Kier alpha value is -1.10. The summed E-state index contributed by atoms with van der Waals surface area (Å²) in [6.45, 7) is 6.83. The van der Waals surface area contributed by atoms with E-state index in [9.17, 15) is 9.59 Å². The summed E-state index contributed by atoms with van der Waals surface area (Å²) in [4.78, 5) is 23.6. The number of nitrogens with zero attached hydrogens (tertiary/aromatic N) is 1. The van der Waals surface area contributed by atoms with E-state index in [1.165, 1.54) is 0 Å². The molecule has 0 unspecified atom stereocenters. The van der Waals surface area contributed by atoms with Gasteiger partial charge in [-0.2, -0.15) is 0 Å². The topological polar surface area (TPSA) is 66.8 Å². The van der Waals surface area contributed by atoms with Crippen LogP contribution in [0.3, 0.4) is 0 Å². The van der Waals surface area contributed by atoms with Crippen LogP contribution in [-0.2, 0) is 14.3 Å². The first-order valence-corrected chi connectivity index (χ1v) is 5.41. The molecule has 1 aliphatic rings. The Bertz CT molecular complexity index is 276. The van der Waals surface area contributed by atoms with Crippen molar-refractivity contribution in [1.29, 1.82) is 0 Å². The molecule has 1 aliphatic heterocycles. The zero-order valence-corrected chi connectivity index (χ0v) is 10.0. The predicted octanol–water partition coefficient (Wildman–Crippen LogP) is 0.735. The third-order valence-corrected chi connectivity index (χ3v) is 2.40. The van der Waals surface area contributed by atoms with Crippen molar-refractivity contribution in [2.75, 3.05) is 19.7 Å². The molecule has 1 fully saturated rings. The van der Waals surface area contributed by atoms with Gasteiger partial charge in [-0.3, -0.25) is 9.59 Å². The summed E-state index contributed by atoms with van der Waals surface area (Å²) in [6, 6.07) is 0. The summed E-state index contributed by atoms with van der Waals surface area (Å²) in [7, 11) is 0. The molecule has 0 aromatic carbocycles. The molecule has 1 saturated heterocycles. The number of likely N-dealkylation sites (tertiary alicyclic amines) is 1. The van der Waals surface area contributed by atoms with Crippen molar-refractivity contribution in [3.05, 3.63) is 0 Å². The Morgan fingerprint density at radius 2 is 1.94 bits per heavy atom. The van der Waals surface area contributed by atoms with Crippen LogP contribution in [-0.4, -0.2) is 47.2 Å². The quantitative estimate of drug-likeness (QED) is 0.772. The highest BCUT2D eigenvalue weighted by atomic mass is 16.5. The van der Waals surface area contributed by atoms with Gasteiger partial charge in [0.25, 0.3) is 0 Å². The maximum atomic E-state index is 11.6. The molecule has 5 nitrogen and oxygen atoms in total. The van der Waals surface area contributed by atoms with Crippen LogP contribution in [0.1, 0.15) is 27.2 Å². The van der Waals surface area contributed by atoms with Crippen LogP contribution < -0.4 is 0 Å². The molecule has 0 bridgehead atoms. The molecule has 1 heterocycles. The van der Waals surface area contributed by atoms with Crippen LogP contribution in [0.4, 0.5) is 0 Å². The van der Waals surface area contributed by atoms with Crippen molar-refractivity contribution in [2.45, 2.75) is 32.8 Å². The predicted molar refractivity (Wildman–Crippen MR) is 58.0 cm³/mol. The molecule has 1 amide bonds. The second-order valence-electron chi connectivity index (χ2n) is 5.16. The standard InChI is InChI=1S/C11H19NO4/c1-11(2,3)16-7-9(13)12-5-8(6-12)4-10(14)15/h8H,4-7H2,1-3H3,(H,14,15). The smallest absolute Gasteiger partial charge is 0.303 e. The molecule has 1 rings (SSSR count). The van der Waals surface area contributed by atoms with E-state index in [0.29, 0.717) is 13.1 Å². The Kier molecular flexibility index (Phi) is 3.91. The van der Waals surface area contributed by atoms with Gasteiger partial charge >= 0.3 is 5.97 Å².